The third-order valence-electron chi connectivity index (χ3n) is 4.63. The minimum Gasteiger partial charge on any atom is -0.329 e. The number of carbonyl (C=O) groups excluding carboxylic acids is 1. The van der Waals surface area contributed by atoms with Crippen LogP contribution in [0.2, 0.25) is 0 Å². The lowest BCUT2D eigenvalue weighted by atomic mass is 10.1. The van der Waals surface area contributed by atoms with Crippen LogP contribution in [0.5, 0.6) is 0 Å². The molecule has 3 aromatic rings. The maximum Gasteiger partial charge on any atom is 0.247 e. The standard InChI is InChI=1S/C20H17N5O/c21-14-16-8-6-15(7-9-16)10-11-19(26)24-13-3-4-17(24)20-23-22-18-5-1-2-12-25(18)20/h1-2,5-12,17H,3-4,13H2/b11-10-/t17-/m0/s1. The largest absolute Gasteiger partial charge is 0.329 e. The summed E-state index contributed by atoms with van der Waals surface area (Å²) in [5, 5.41) is 17.4. The first-order valence-electron chi connectivity index (χ1n) is 8.55. The summed E-state index contributed by atoms with van der Waals surface area (Å²) in [7, 11) is 0. The number of hydrogen-bond donors (Lipinski definition) is 0. The van der Waals surface area contributed by atoms with E-state index >= 15 is 0 Å². The SMILES string of the molecule is N#Cc1ccc(/C=C\C(=O)N2CCC[C@H]2c2nnc3ccccn23)cc1. The van der Waals surface area contributed by atoms with Crippen molar-refractivity contribution >= 4 is 17.6 Å². The first-order chi connectivity index (χ1) is 12.8. The molecule has 1 fully saturated rings. The Morgan fingerprint density at radius 3 is 2.85 bits per heavy atom. The van der Waals surface area contributed by atoms with Crippen molar-refractivity contribution in [3.05, 3.63) is 71.7 Å². The second-order valence-electron chi connectivity index (χ2n) is 6.24. The van der Waals surface area contributed by atoms with Crippen LogP contribution in [0.15, 0.2) is 54.7 Å². The maximum atomic E-state index is 12.7. The molecule has 1 atom stereocenters. The summed E-state index contributed by atoms with van der Waals surface area (Å²) in [4.78, 5) is 14.6. The molecule has 0 bridgehead atoms. The Labute approximate surface area is 151 Å². The predicted octanol–water partition coefficient (Wildman–Crippen LogP) is 2.98. The van der Waals surface area contributed by atoms with Crippen LogP contribution in [0.25, 0.3) is 11.7 Å². The average Bonchev–Trinajstić information content (AvgIpc) is 3.33. The van der Waals surface area contributed by atoms with Gasteiger partial charge in [0.25, 0.3) is 0 Å². The van der Waals surface area contributed by atoms with E-state index in [4.69, 9.17) is 5.26 Å². The fourth-order valence-electron chi connectivity index (χ4n) is 3.32. The molecular formula is C20H17N5O. The molecule has 0 N–H and O–H groups in total. The van der Waals surface area contributed by atoms with E-state index in [-0.39, 0.29) is 11.9 Å². The highest BCUT2D eigenvalue weighted by Gasteiger charge is 2.32. The molecule has 128 valence electrons. The van der Waals surface area contributed by atoms with Gasteiger partial charge >= 0.3 is 0 Å². The van der Waals surface area contributed by atoms with Gasteiger partial charge in [0.2, 0.25) is 5.91 Å². The molecule has 4 rings (SSSR count). The quantitative estimate of drug-likeness (QED) is 0.685. The topological polar surface area (TPSA) is 74.3 Å². The molecule has 0 saturated carbocycles. The number of amides is 1. The van der Waals surface area contributed by atoms with Crippen molar-refractivity contribution in [1.29, 1.82) is 5.26 Å². The number of fused-ring (bicyclic) bond motifs is 1. The molecule has 0 radical (unpaired) electrons. The van der Waals surface area contributed by atoms with Crippen LogP contribution in [0, 0.1) is 11.3 Å². The van der Waals surface area contributed by atoms with Crippen LogP contribution < -0.4 is 0 Å². The van der Waals surface area contributed by atoms with Crippen LogP contribution in [-0.2, 0) is 4.79 Å². The number of aromatic nitrogens is 3. The van der Waals surface area contributed by atoms with Gasteiger partial charge in [-0.2, -0.15) is 5.26 Å². The van der Waals surface area contributed by atoms with Gasteiger partial charge in [-0.05, 0) is 48.7 Å². The highest BCUT2D eigenvalue weighted by Crippen LogP contribution is 2.31. The molecular weight excluding hydrogens is 326 g/mol. The van der Waals surface area contributed by atoms with Gasteiger partial charge in [0.1, 0.15) is 0 Å². The molecule has 0 aliphatic carbocycles. The number of carbonyl (C=O) groups is 1. The van der Waals surface area contributed by atoms with E-state index in [1.807, 2.05) is 45.8 Å². The average molecular weight is 343 g/mol. The fraction of sp³-hybridized carbons (Fsp3) is 0.200. The lowest BCUT2D eigenvalue weighted by Crippen LogP contribution is -2.30. The number of rotatable bonds is 3. The van der Waals surface area contributed by atoms with E-state index in [0.717, 1.165) is 29.9 Å². The number of hydrogen-bond acceptors (Lipinski definition) is 4. The first kappa shape index (κ1) is 16.0. The van der Waals surface area contributed by atoms with Crippen LogP contribution >= 0.6 is 0 Å². The summed E-state index contributed by atoms with van der Waals surface area (Å²) in [5.41, 5.74) is 2.28. The Balaban J connectivity index is 1.55. The summed E-state index contributed by atoms with van der Waals surface area (Å²) in [5.74, 6) is 0.766. The summed E-state index contributed by atoms with van der Waals surface area (Å²) < 4.78 is 1.95. The molecule has 3 heterocycles. The molecule has 6 heteroatoms. The minimum absolute atomic E-state index is 0.0375. The second kappa shape index (κ2) is 6.81. The predicted molar refractivity (Wildman–Crippen MR) is 96.9 cm³/mol. The summed E-state index contributed by atoms with van der Waals surface area (Å²) in [6, 6.07) is 14.9. The lowest BCUT2D eigenvalue weighted by Gasteiger charge is -2.22. The molecule has 1 aromatic carbocycles. The number of nitrogens with zero attached hydrogens (tertiary/aromatic N) is 5. The molecule has 1 aliphatic heterocycles. The number of likely N-dealkylation sites (tertiary alicyclic amines) is 1. The van der Waals surface area contributed by atoms with E-state index in [2.05, 4.69) is 16.3 Å². The van der Waals surface area contributed by atoms with Gasteiger partial charge in [0.15, 0.2) is 11.5 Å². The van der Waals surface area contributed by atoms with Gasteiger partial charge in [-0.1, -0.05) is 18.2 Å². The minimum atomic E-state index is -0.0643. The van der Waals surface area contributed by atoms with Crippen molar-refractivity contribution in [2.24, 2.45) is 0 Å². The Morgan fingerprint density at radius 1 is 1.19 bits per heavy atom. The number of pyridine rings is 1. The van der Waals surface area contributed by atoms with Crippen LogP contribution in [0.4, 0.5) is 0 Å². The van der Waals surface area contributed by atoms with Crippen molar-refractivity contribution in [1.82, 2.24) is 19.5 Å². The summed E-state index contributed by atoms with van der Waals surface area (Å²) >= 11 is 0. The molecule has 2 aromatic heterocycles. The van der Waals surface area contributed by atoms with Crippen molar-refractivity contribution in [3.63, 3.8) is 0 Å². The number of benzene rings is 1. The molecule has 0 unspecified atom stereocenters. The molecule has 1 saturated heterocycles. The van der Waals surface area contributed by atoms with Crippen molar-refractivity contribution in [3.8, 4) is 6.07 Å². The third-order valence-corrected chi connectivity index (χ3v) is 4.63. The Bertz CT molecular complexity index is 1010. The highest BCUT2D eigenvalue weighted by molar-refractivity contribution is 5.92. The number of nitriles is 1. The summed E-state index contributed by atoms with van der Waals surface area (Å²) in [6.45, 7) is 0.711. The Kier molecular flexibility index (Phi) is 4.20. The molecule has 1 amide bonds. The Hall–Kier alpha value is -3.46. The van der Waals surface area contributed by atoms with Gasteiger partial charge in [-0.25, -0.2) is 0 Å². The van der Waals surface area contributed by atoms with Crippen molar-refractivity contribution in [2.75, 3.05) is 6.54 Å². The molecule has 6 nitrogen and oxygen atoms in total. The summed E-state index contributed by atoms with van der Waals surface area (Å²) in [6.07, 6.45) is 7.12. The third kappa shape index (κ3) is 2.95. The van der Waals surface area contributed by atoms with Gasteiger partial charge in [0.05, 0.1) is 17.7 Å². The van der Waals surface area contributed by atoms with Crippen LogP contribution in [0.3, 0.4) is 0 Å². The van der Waals surface area contributed by atoms with Gasteiger partial charge in [0, 0.05) is 18.8 Å². The Morgan fingerprint density at radius 2 is 2.04 bits per heavy atom. The zero-order chi connectivity index (χ0) is 17.9. The van der Waals surface area contributed by atoms with E-state index < -0.39 is 0 Å². The molecule has 1 aliphatic rings. The van der Waals surface area contributed by atoms with E-state index in [1.165, 1.54) is 0 Å². The van der Waals surface area contributed by atoms with Gasteiger partial charge in [-0.15, -0.1) is 10.2 Å². The zero-order valence-electron chi connectivity index (χ0n) is 14.1. The van der Waals surface area contributed by atoms with Crippen molar-refractivity contribution in [2.45, 2.75) is 18.9 Å². The lowest BCUT2D eigenvalue weighted by molar-refractivity contribution is -0.127. The first-order valence-corrected chi connectivity index (χ1v) is 8.55. The normalized spacial score (nSPS) is 17.0. The van der Waals surface area contributed by atoms with E-state index in [9.17, 15) is 4.79 Å². The second-order valence-corrected chi connectivity index (χ2v) is 6.24. The fourth-order valence-corrected chi connectivity index (χ4v) is 3.32. The van der Waals surface area contributed by atoms with Gasteiger partial charge in [-0.3, -0.25) is 9.20 Å². The monoisotopic (exact) mass is 343 g/mol. The van der Waals surface area contributed by atoms with Crippen molar-refractivity contribution < 1.29 is 4.79 Å². The van der Waals surface area contributed by atoms with Crippen LogP contribution in [0.1, 0.15) is 35.8 Å². The van der Waals surface area contributed by atoms with Crippen LogP contribution in [-0.4, -0.2) is 31.9 Å². The molecule has 0 spiro atoms. The van der Waals surface area contributed by atoms with E-state index in [1.54, 1.807) is 24.3 Å². The van der Waals surface area contributed by atoms with E-state index in [0.29, 0.717) is 12.1 Å². The maximum absolute atomic E-state index is 12.7. The van der Waals surface area contributed by atoms with Gasteiger partial charge < -0.3 is 4.90 Å². The molecule has 26 heavy (non-hydrogen) atoms. The highest BCUT2D eigenvalue weighted by atomic mass is 16.2. The smallest absolute Gasteiger partial charge is 0.247 e. The zero-order valence-corrected chi connectivity index (χ0v) is 14.1.